The molecule has 2 saturated carbocycles. The average molecular weight is 1830 g/mol. The van der Waals surface area contributed by atoms with Crippen LogP contribution in [0.1, 0.15) is 190 Å². The van der Waals surface area contributed by atoms with Gasteiger partial charge in [0.1, 0.15) is 84.1 Å². The SMILES string of the molecule is CC(=O)N[C@@H](Cc1cccc(F)c1)C(=O)N[C@H]1CCCNC(=O)[C@H](CCCN=C(N)N)NC(=O)[C@H](Cc2c[nH]c3ccccc23)NC(=O)[C@@H](CC2CCCCC2)NC(=O)[C@@H]2CCCN2C1=O.CC(=O)N[C@@H](Cc1ccccc1F)C(=O)N[C@H]1CCCNC(=O)[C@H](CCCN=C(N)N)NC(=O)[C@H](Cc2c[nH]c3ccccc23)NC(=O)[C@@H](CC2CCCCC2)NC(=O)[C@@H]2CCCN2C1=O. The summed E-state index contributed by atoms with van der Waals surface area (Å²) < 4.78 is 28.9. The highest BCUT2D eigenvalue weighted by Gasteiger charge is 2.44. The summed E-state index contributed by atoms with van der Waals surface area (Å²) in [7, 11) is 0. The number of H-pyrrole nitrogens is 2. The number of amides is 14. The van der Waals surface area contributed by atoms with Crippen molar-refractivity contribution >= 4 is 116 Å². The molecule has 6 aromatic rings. The standard InChI is InChI=1S/2C47H64FN11O7/c1-28(60)54-38(25-30-14-5-7-16-33(30)48)43(63)56-36-19-10-21-51-41(61)35(18-9-22-52-47(49)50)55-44(64)39(26-31-27-53-34-17-8-6-15-32(31)34)57-42(62)37(24-29-12-3-2-4-13-29)58-45(65)40-20-11-23-59(40)46(36)66;1-28(60)54-37(25-30-13-7-14-32(48)23-30)42(62)56-36-18-9-20-51-41(61)35(17-8-21-52-47(49)50)55-44(64)39(26-31-27-53-34-16-6-5-15-33(31)34)57-43(63)38(24-29-11-3-2-4-12-29)58-45(65)40-19-10-22-59(40)46(36)66/h5-8,14-17,27,29,35-40,53H,2-4,9-13,18-26H2,1H3,(H,51,61)(H,54,60)(H,55,64)(H,56,63)(H,57,62)(H,58,65)(H4,49,50,52);5-7,13-16,23,27,29,35-40,53H,2-4,8-12,17-22,24-26H2,1H3,(H,51,61)(H,54,60)(H,55,64)(H,56,62)(H,57,63)(H,58,65)(H4,49,50,52)/t35-,36-,37+,38-,39-,40-;35-,36-,37-,38+,39-,40-/m00/s1. The van der Waals surface area contributed by atoms with Crippen LogP contribution in [-0.4, -0.2) is 226 Å². The first-order valence-electron chi connectivity index (χ1n) is 46.3. The van der Waals surface area contributed by atoms with E-state index >= 15 is 0 Å². The lowest BCUT2D eigenvalue weighted by Gasteiger charge is -2.32. The van der Waals surface area contributed by atoms with Gasteiger partial charge in [0.15, 0.2) is 11.9 Å². The number of fused-ring (bicyclic) bond motifs is 4. The van der Waals surface area contributed by atoms with Gasteiger partial charge in [0.05, 0.1) is 0 Å². The van der Waals surface area contributed by atoms with Gasteiger partial charge in [0.2, 0.25) is 82.7 Å². The van der Waals surface area contributed by atoms with Crippen LogP contribution in [0.25, 0.3) is 21.8 Å². The Morgan fingerprint density at radius 1 is 0.432 bits per heavy atom. The lowest BCUT2D eigenvalue weighted by atomic mass is 9.84. The number of aromatic nitrogens is 2. The van der Waals surface area contributed by atoms with Crippen molar-refractivity contribution in [3.8, 4) is 0 Å². The number of aliphatic imine (C=N–C) groups is 2. The van der Waals surface area contributed by atoms with Crippen LogP contribution < -0.4 is 86.7 Å². The molecule has 6 fully saturated rings. The van der Waals surface area contributed by atoms with Gasteiger partial charge in [0, 0.05) is 113 Å². The van der Waals surface area contributed by atoms with E-state index in [0.717, 1.165) is 97.1 Å². The van der Waals surface area contributed by atoms with Crippen LogP contribution in [0.15, 0.2) is 119 Å². The average Bonchev–Trinajstić information content (AvgIpc) is 1.73. The molecular weight excluding hydrogens is 1700 g/mol. The Morgan fingerprint density at radius 3 is 1.27 bits per heavy atom. The maximum absolute atomic E-state index is 14.8. The Hall–Kier alpha value is -13.1. The fraction of sp³-hybridized carbons (Fsp3) is 0.532. The molecule has 14 amide bonds. The Morgan fingerprint density at radius 2 is 0.841 bits per heavy atom. The summed E-state index contributed by atoms with van der Waals surface area (Å²) in [6, 6.07) is 13.2. The summed E-state index contributed by atoms with van der Waals surface area (Å²) >= 11 is 0. The van der Waals surface area contributed by atoms with Gasteiger partial charge in [-0.05, 0) is 154 Å². The predicted molar refractivity (Wildman–Crippen MR) is 491 cm³/mol. The van der Waals surface area contributed by atoms with E-state index in [0.29, 0.717) is 56.9 Å². The van der Waals surface area contributed by atoms with Gasteiger partial charge in [-0.2, -0.15) is 0 Å². The molecule has 38 heteroatoms. The second kappa shape index (κ2) is 49.3. The molecule has 0 radical (unpaired) electrons. The molecule has 12 atom stereocenters. The summed E-state index contributed by atoms with van der Waals surface area (Å²) in [5, 5.41) is 35.7. The lowest BCUT2D eigenvalue weighted by Crippen LogP contribution is -2.60. The smallest absolute Gasteiger partial charge is 0.245 e. The molecule has 132 heavy (non-hydrogen) atoms. The first-order chi connectivity index (χ1) is 63.5. The van der Waals surface area contributed by atoms with Crippen LogP contribution in [0.4, 0.5) is 8.78 Å². The van der Waals surface area contributed by atoms with E-state index < -0.39 is 167 Å². The number of benzene rings is 4. The number of guanidine groups is 2. The third kappa shape index (κ3) is 29.2. The zero-order chi connectivity index (χ0) is 94.3. The zero-order valence-corrected chi connectivity index (χ0v) is 75.1. The summed E-state index contributed by atoms with van der Waals surface area (Å²) in [4.78, 5) is 214. The van der Waals surface area contributed by atoms with Crippen molar-refractivity contribution in [2.75, 3.05) is 39.3 Å². The van der Waals surface area contributed by atoms with E-state index in [9.17, 15) is 75.9 Å². The molecule has 4 aromatic carbocycles. The molecular formula is C94H128F2N22O14. The highest BCUT2D eigenvalue weighted by molar-refractivity contribution is 6.01. The van der Waals surface area contributed by atoms with Crippen LogP contribution >= 0.6 is 0 Å². The molecule has 12 rings (SSSR count). The molecule has 22 N–H and O–H groups in total. The molecule has 36 nitrogen and oxygen atoms in total. The second-order valence-electron chi connectivity index (χ2n) is 35.4. The Labute approximate surface area is 765 Å². The predicted octanol–water partition coefficient (Wildman–Crippen LogP) is 2.92. The van der Waals surface area contributed by atoms with Crippen molar-refractivity contribution in [2.24, 2.45) is 44.8 Å². The van der Waals surface area contributed by atoms with Crippen molar-refractivity contribution in [2.45, 2.75) is 266 Å². The number of carbonyl (C=O) groups is 14. The maximum atomic E-state index is 14.8. The number of para-hydroxylation sites is 2. The summed E-state index contributed by atoms with van der Waals surface area (Å²) in [6.07, 6.45) is 16.3. The number of halogens is 2. The number of rotatable bonds is 26. The van der Waals surface area contributed by atoms with E-state index in [1.807, 2.05) is 48.5 Å². The van der Waals surface area contributed by atoms with Crippen LogP contribution in [0.3, 0.4) is 0 Å². The Bertz CT molecular complexity index is 5100. The number of nitrogens with two attached hydrogens (primary N) is 4. The number of nitrogens with zero attached hydrogens (tertiary/aromatic N) is 4. The molecule has 2 aliphatic carbocycles. The molecule has 0 spiro atoms. The molecule has 2 aromatic heterocycles. The lowest BCUT2D eigenvalue weighted by molar-refractivity contribution is -0.143. The van der Waals surface area contributed by atoms with Crippen LogP contribution in [0, 0.1) is 23.5 Å². The molecule has 712 valence electrons. The van der Waals surface area contributed by atoms with Gasteiger partial charge in [-0.3, -0.25) is 77.1 Å². The highest BCUT2D eigenvalue weighted by atomic mass is 19.1. The zero-order valence-electron chi connectivity index (χ0n) is 75.1. The minimum absolute atomic E-state index is 0.00308. The van der Waals surface area contributed by atoms with E-state index in [4.69, 9.17) is 22.9 Å². The summed E-state index contributed by atoms with van der Waals surface area (Å²) in [5.74, 6) is -9.21. The van der Waals surface area contributed by atoms with Gasteiger partial charge >= 0.3 is 0 Å². The van der Waals surface area contributed by atoms with Gasteiger partial charge in [-0.25, -0.2) is 8.78 Å². The largest absolute Gasteiger partial charge is 0.370 e. The third-order valence-electron chi connectivity index (χ3n) is 25.4. The van der Waals surface area contributed by atoms with Crippen LogP contribution in [0.5, 0.6) is 0 Å². The molecule has 4 saturated heterocycles. The Kier molecular flexibility index (Phi) is 37.1. The normalized spacial score (nSPS) is 23.3. The van der Waals surface area contributed by atoms with E-state index in [2.05, 4.69) is 83.8 Å². The van der Waals surface area contributed by atoms with Crippen molar-refractivity contribution < 1.29 is 75.9 Å². The maximum Gasteiger partial charge on any atom is 0.245 e. The Balaban J connectivity index is 0.000000255. The third-order valence-corrected chi connectivity index (χ3v) is 25.4. The van der Waals surface area contributed by atoms with Crippen molar-refractivity contribution in [1.82, 2.24) is 83.6 Å². The number of hydrogen-bond acceptors (Lipinski definition) is 16. The van der Waals surface area contributed by atoms with Gasteiger partial charge < -0.3 is 107 Å². The topological polar surface area (TPSA) is 550 Å². The van der Waals surface area contributed by atoms with Crippen molar-refractivity contribution in [1.29, 1.82) is 0 Å². The molecule has 0 unspecified atom stereocenters. The van der Waals surface area contributed by atoms with Crippen molar-refractivity contribution in [3.05, 3.63) is 143 Å². The first-order valence-corrected chi connectivity index (χ1v) is 46.3. The van der Waals surface area contributed by atoms with E-state index in [1.165, 1.54) is 60.0 Å². The number of hydrogen-bond donors (Lipinski definition) is 18. The fourth-order valence-corrected chi connectivity index (χ4v) is 18.6. The van der Waals surface area contributed by atoms with Crippen molar-refractivity contribution in [3.63, 3.8) is 0 Å². The summed E-state index contributed by atoms with van der Waals surface area (Å²) in [5.41, 5.74) is 26.0. The van der Waals surface area contributed by atoms with Gasteiger partial charge in [-0.15, -0.1) is 0 Å². The fourth-order valence-electron chi connectivity index (χ4n) is 18.6. The molecule has 4 aliphatic heterocycles. The van der Waals surface area contributed by atoms with Gasteiger partial charge in [0.25, 0.3) is 0 Å². The first kappa shape index (κ1) is 99.5. The molecule has 6 aliphatic rings. The van der Waals surface area contributed by atoms with Crippen LogP contribution in [-0.2, 0) is 92.8 Å². The summed E-state index contributed by atoms with van der Waals surface area (Å²) in [6.45, 7) is 3.26. The van der Waals surface area contributed by atoms with Gasteiger partial charge in [-0.1, -0.05) is 131 Å². The van der Waals surface area contributed by atoms with E-state index in [-0.39, 0.29) is 133 Å². The molecule has 6 heterocycles. The molecule has 0 bridgehead atoms. The monoisotopic (exact) mass is 1830 g/mol. The highest BCUT2D eigenvalue weighted by Crippen LogP contribution is 2.32. The quantitative estimate of drug-likeness (QED) is 0.0211. The minimum atomic E-state index is -1.25. The van der Waals surface area contributed by atoms with E-state index in [1.54, 1.807) is 24.5 Å². The minimum Gasteiger partial charge on any atom is -0.370 e. The second-order valence-corrected chi connectivity index (χ2v) is 35.4. The number of nitrogens with one attached hydrogen (secondary N) is 14. The van der Waals surface area contributed by atoms with Crippen LogP contribution in [0.2, 0.25) is 0 Å². The number of carbonyl (C=O) groups excluding carboxylic acids is 14. The number of aromatic amines is 2.